The predicted molar refractivity (Wildman–Crippen MR) is 68.4 cm³/mol. The fourth-order valence-corrected chi connectivity index (χ4v) is 2.00. The molecule has 0 saturated carbocycles. The number of amides is 1. The van der Waals surface area contributed by atoms with Crippen molar-refractivity contribution < 1.29 is 4.79 Å². The lowest BCUT2D eigenvalue weighted by atomic mass is 10.1. The van der Waals surface area contributed by atoms with Crippen molar-refractivity contribution in [1.29, 1.82) is 0 Å². The quantitative estimate of drug-likeness (QED) is 0.796. The third kappa shape index (κ3) is 2.82. The molecule has 0 aliphatic carbocycles. The molecule has 0 radical (unpaired) electrons. The number of rotatable bonds is 4. The smallest absolute Gasteiger partial charge is 0.256 e. The summed E-state index contributed by atoms with van der Waals surface area (Å²) in [7, 11) is 0. The van der Waals surface area contributed by atoms with Crippen LogP contribution in [0.3, 0.4) is 0 Å². The van der Waals surface area contributed by atoms with Crippen LogP contribution in [0.4, 0.5) is 0 Å². The molecule has 1 heterocycles. The molecule has 3 nitrogen and oxygen atoms in total. The maximum Gasteiger partial charge on any atom is 0.256 e. The second-order valence-electron chi connectivity index (χ2n) is 3.69. The van der Waals surface area contributed by atoms with E-state index in [0.717, 1.165) is 13.0 Å². The third-order valence-corrected chi connectivity index (χ3v) is 3.35. The molecule has 0 saturated heterocycles. The Morgan fingerprint density at radius 2 is 2.25 bits per heavy atom. The molecule has 1 aromatic rings. The van der Waals surface area contributed by atoms with Gasteiger partial charge in [-0.2, -0.15) is 0 Å². The van der Waals surface area contributed by atoms with E-state index in [0.29, 0.717) is 10.2 Å². The molecule has 0 spiro atoms. The van der Waals surface area contributed by atoms with E-state index in [1.807, 2.05) is 11.8 Å². The van der Waals surface area contributed by atoms with Crippen LogP contribution in [0.2, 0.25) is 0 Å². The molecule has 0 bridgehead atoms. The van der Waals surface area contributed by atoms with Gasteiger partial charge in [-0.05, 0) is 48.3 Å². The zero-order chi connectivity index (χ0) is 12.1. The van der Waals surface area contributed by atoms with E-state index in [2.05, 4.69) is 34.8 Å². The SMILES string of the molecule is CCC(C)N(CC)C(=O)c1cccnc1Br. The van der Waals surface area contributed by atoms with Gasteiger partial charge >= 0.3 is 0 Å². The molecule has 0 aliphatic heterocycles. The van der Waals surface area contributed by atoms with Gasteiger partial charge in [-0.15, -0.1) is 0 Å². The van der Waals surface area contributed by atoms with E-state index in [-0.39, 0.29) is 11.9 Å². The number of carbonyl (C=O) groups is 1. The van der Waals surface area contributed by atoms with Crippen molar-refractivity contribution in [1.82, 2.24) is 9.88 Å². The first kappa shape index (κ1) is 13.2. The molecule has 1 atom stereocenters. The average molecular weight is 285 g/mol. The Hall–Kier alpha value is -0.900. The molecule has 1 rings (SSSR count). The van der Waals surface area contributed by atoms with Crippen LogP contribution in [0.1, 0.15) is 37.6 Å². The molecule has 1 unspecified atom stereocenters. The highest BCUT2D eigenvalue weighted by Gasteiger charge is 2.20. The summed E-state index contributed by atoms with van der Waals surface area (Å²) in [6.45, 7) is 6.86. The molecule has 88 valence electrons. The van der Waals surface area contributed by atoms with Crippen LogP contribution in [0.15, 0.2) is 22.9 Å². The van der Waals surface area contributed by atoms with Gasteiger partial charge in [0.05, 0.1) is 5.56 Å². The summed E-state index contributed by atoms with van der Waals surface area (Å²) >= 11 is 3.31. The second-order valence-corrected chi connectivity index (χ2v) is 4.44. The largest absolute Gasteiger partial charge is 0.336 e. The zero-order valence-electron chi connectivity index (χ0n) is 9.90. The molecule has 0 aliphatic rings. The molecule has 0 fully saturated rings. The maximum absolute atomic E-state index is 12.3. The Bertz CT molecular complexity index is 368. The van der Waals surface area contributed by atoms with Gasteiger partial charge < -0.3 is 4.90 Å². The molecular formula is C12H17BrN2O. The first-order chi connectivity index (χ1) is 7.61. The number of halogens is 1. The normalized spacial score (nSPS) is 12.2. The van der Waals surface area contributed by atoms with Crippen molar-refractivity contribution in [3.63, 3.8) is 0 Å². The monoisotopic (exact) mass is 284 g/mol. The molecule has 1 aromatic heterocycles. The fourth-order valence-electron chi connectivity index (χ4n) is 1.58. The molecule has 0 N–H and O–H groups in total. The van der Waals surface area contributed by atoms with Gasteiger partial charge in [-0.3, -0.25) is 4.79 Å². The van der Waals surface area contributed by atoms with Crippen molar-refractivity contribution in [3.05, 3.63) is 28.5 Å². The lowest BCUT2D eigenvalue weighted by Crippen LogP contribution is -2.38. The van der Waals surface area contributed by atoms with Crippen molar-refractivity contribution in [2.75, 3.05) is 6.54 Å². The van der Waals surface area contributed by atoms with Crippen molar-refractivity contribution in [3.8, 4) is 0 Å². The summed E-state index contributed by atoms with van der Waals surface area (Å²) in [6, 6.07) is 3.83. The third-order valence-electron chi connectivity index (χ3n) is 2.71. The molecule has 0 aromatic carbocycles. The number of carbonyl (C=O) groups excluding carboxylic acids is 1. The lowest BCUT2D eigenvalue weighted by molar-refractivity contribution is 0.0698. The van der Waals surface area contributed by atoms with Crippen LogP contribution in [0.5, 0.6) is 0 Å². The lowest BCUT2D eigenvalue weighted by Gasteiger charge is -2.27. The average Bonchev–Trinajstić information content (AvgIpc) is 2.30. The molecular weight excluding hydrogens is 268 g/mol. The highest BCUT2D eigenvalue weighted by Crippen LogP contribution is 2.17. The summed E-state index contributed by atoms with van der Waals surface area (Å²) in [5, 5.41) is 0. The Morgan fingerprint density at radius 1 is 1.56 bits per heavy atom. The van der Waals surface area contributed by atoms with E-state index in [4.69, 9.17) is 0 Å². The number of aromatic nitrogens is 1. The van der Waals surface area contributed by atoms with E-state index in [1.54, 1.807) is 18.3 Å². The van der Waals surface area contributed by atoms with E-state index >= 15 is 0 Å². The van der Waals surface area contributed by atoms with Gasteiger partial charge in [-0.1, -0.05) is 6.92 Å². The minimum atomic E-state index is 0.0387. The van der Waals surface area contributed by atoms with E-state index in [1.165, 1.54) is 0 Å². The molecule has 16 heavy (non-hydrogen) atoms. The van der Waals surface area contributed by atoms with Gasteiger partial charge in [0.15, 0.2) is 0 Å². The van der Waals surface area contributed by atoms with Crippen LogP contribution >= 0.6 is 15.9 Å². The Labute approximate surface area is 105 Å². The van der Waals surface area contributed by atoms with Crippen molar-refractivity contribution >= 4 is 21.8 Å². The summed E-state index contributed by atoms with van der Waals surface area (Å²) in [5.41, 5.74) is 0.629. The Balaban J connectivity index is 2.96. The van der Waals surface area contributed by atoms with Crippen LogP contribution in [0.25, 0.3) is 0 Å². The number of nitrogens with zero attached hydrogens (tertiary/aromatic N) is 2. The van der Waals surface area contributed by atoms with Crippen LogP contribution in [-0.4, -0.2) is 28.4 Å². The van der Waals surface area contributed by atoms with Crippen LogP contribution in [-0.2, 0) is 0 Å². The topological polar surface area (TPSA) is 33.2 Å². The predicted octanol–water partition coefficient (Wildman–Crippen LogP) is 3.10. The number of hydrogen-bond donors (Lipinski definition) is 0. The zero-order valence-corrected chi connectivity index (χ0v) is 11.5. The van der Waals surface area contributed by atoms with Gasteiger partial charge in [0.2, 0.25) is 0 Å². The first-order valence-electron chi connectivity index (χ1n) is 5.53. The van der Waals surface area contributed by atoms with Gasteiger partial charge in [0.25, 0.3) is 5.91 Å². The first-order valence-corrected chi connectivity index (χ1v) is 6.32. The summed E-state index contributed by atoms with van der Waals surface area (Å²) in [6.07, 6.45) is 2.62. The summed E-state index contributed by atoms with van der Waals surface area (Å²) in [4.78, 5) is 18.2. The molecule has 1 amide bonds. The minimum Gasteiger partial charge on any atom is -0.336 e. The minimum absolute atomic E-state index is 0.0387. The van der Waals surface area contributed by atoms with Crippen molar-refractivity contribution in [2.24, 2.45) is 0 Å². The number of pyridine rings is 1. The van der Waals surface area contributed by atoms with Gasteiger partial charge in [-0.25, -0.2) is 4.98 Å². The second kappa shape index (κ2) is 5.99. The Kier molecular flexibility index (Phi) is 4.93. The van der Waals surface area contributed by atoms with Crippen molar-refractivity contribution in [2.45, 2.75) is 33.2 Å². The highest BCUT2D eigenvalue weighted by atomic mass is 79.9. The van der Waals surface area contributed by atoms with Crippen LogP contribution in [0, 0.1) is 0 Å². The van der Waals surface area contributed by atoms with E-state index in [9.17, 15) is 4.79 Å². The van der Waals surface area contributed by atoms with Crippen LogP contribution < -0.4 is 0 Å². The fraction of sp³-hybridized carbons (Fsp3) is 0.500. The summed E-state index contributed by atoms with van der Waals surface area (Å²) in [5.74, 6) is 0.0387. The standard InChI is InChI=1S/C12H17BrN2O/c1-4-9(3)15(5-2)12(16)10-7-6-8-14-11(10)13/h6-9H,4-5H2,1-3H3. The van der Waals surface area contributed by atoms with Gasteiger partial charge in [0, 0.05) is 18.8 Å². The Morgan fingerprint density at radius 3 is 2.75 bits per heavy atom. The highest BCUT2D eigenvalue weighted by molar-refractivity contribution is 9.10. The number of hydrogen-bond acceptors (Lipinski definition) is 2. The maximum atomic E-state index is 12.3. The van der Waals surface area contributed by atoms with Gasteiger partial charge in [0.1, 0.15) is 4.60 Å². The molecule has 4 heteroatoms. The van der Waals surface area contributed by atoms with E-state index < -0.39 is 0 Å². The summed E-state index contributed by atoms with van der Waals surface area (Å²) < 4.78 is 0.613.